The predicted octanol–water partition coefficient (Wildman–Crippen LogP) is 5.28. The van der Waals surface area contributed by atoms with Gasteiger partial charge in [0, 0.05) is 23.7 Å². The van der Waals surface area contributed by atoms with Crippen LogP contribution in [0.5, 0.6) is 0 Å². The summed E-state index contributed by atoms with van der Waals surface area (Å²) in [6, 6.07) is 17.3. The minimum atomic E-state index is -0.0112. The van der Waals surface area contributed by atoms with Crippen LogP contribution in [0.1, 0.15) is 46.3 Å². The maximum Gasteiger partial charge on any atom is 0.231 e. The molecule has 0 bridgehead atoms. The summed E-state index contributed by atoms with van der Waals surface area (Å²) in [6.45, 7) is 5.98. The summed E-state index contributed by atoms with van der Waals surface area (Å²) < 4.78 is 0. The lowest BCUT2D eigenvalue weighted by Gasteiger charge is -2.23. The van der Waals surface area contributed by atoms with Crippen molar-refractivity contribution in [3.8, 4) is 0 Å². The number of benzene rings is 2. The van der Waals surface area contributed by atoms with Crippen molar-refractivity contribution in [1.82, 2.24) is 9.88 Å². The quantitative estimate of drug-likeness (QED) is 0.607. The summed E-state index contributed by atoms with van der Waals surface area (Å²) in [7, 11) is 0. The summed E-state index contributed by atoms with van der Waals surface area (Å²) in [5, 5.41) is 6.00. The molecule has 0 spiro atoms. The first-order valence-electron chi connectivity index (χ1n) is 10.2. The molecule has 29 heavy (non-hydrogen) atoms. The molecule has 1 saturated heterocycles. The largest absolute Gasteiger partial charge is 0.325 e. The molecule has 0 aliphatic carbocycles. The third kappa shape index (κ3) is 4.92. The third-order valence-corrected chi connectivity index (χ3v) is 6.39. The molecule has 1 aliphatic heterocycles. The summed E-state index contributed by atoms with van der Waals surface area (Å²) >= 11 is 1.58. The van der Waals surface area contributed by atoms with E-state index in [1.165, 1.54) is 18.4 Å². The van der Waals surface area contributed by atoms with Gasteiger partial charge >= 0.3 is 0 Å². The van der Waals surface area contributed by atoms with Crippen LogP contribution in [-0.2, 0) is 17.8 Å². The van der Waals surface area contributed by atoms with E-state index < -0.39 is 0 Å². The van der Waals surface area contributed by atoms with Gasteiger partial charge in [0.1, 0.15) is 5.01 Å². The number of carbonyl (C=O) groups excluding carboxylic acids is 1. The highest BCUT2D eigenvalue weighted by molar-refractivity contribution is 7.09. The number of thiazole rings is 1. The van der Waals surface area contributed by atoms with Crippen molar-refractivity contribution in [2.24, 2.45) is 0 Å². The number of amides is 1. The van der Waals surface area contributed by atoms with E-state index in [2.05, 4.69) is 52.0 Å². The highest BCUT2D eigenvalue weighted by atomic mass is 32.1. The van der Waals surface area contributed by atoms with Gasteiger partial charge in [-0.1, -0.05) is 42.5 Å². The summed E-state index contributed by atoms with van der Waals surface area (Å²) in [4.78, 5) is 19.7. The standard InChI is InChI=1S/C24H27N3OS/c1-17-10-11-18(2)21(13-17)26-23(28)14-24-25-20(16-29-24)15-27-12-6-9-22(27)19-7-4-3-5-8-19/h3-5,7-8,10-11,13,16,22H,6,9,12,14-15H2,1-2H3,(H,26,28). The van der Waals surface area contributed by atoms with Crippen LogP contribution in [0.3, 0.4) is 0 Å². The molecule has 1 amide bonds. The fraction of sp³-hybridized carbons (Fsp3) is 0.333. The Hall–Kier alpha value is -2.50. The fourth-order valence-electron chi connectivity index (χ4n) is 3.98. The molecule has 5 heteroatoms. The molecule has 1 atom stereocenters. The second-order valence-corrected chi connectivity index (χ2v) is 8.76. The van der Waals surface area contributed by atoms with Gasteiger partial charge in [-0.3, -0.25) is 9.69 Å². The van der Waals surface area contributed by atoms with E-state index in [1.807, 2.05) is 26.0 Å². The van der Waals surface area contributed by atoms with E-state index in [-0.39, 0.29) is 5.91 Å². The molecule has 0 saturated carbocycles. The van der Waals surface area contributed by atoms with Crippen LogP contribution in [0.25, 0.3) is 0 Å². The van der Waals surface area contributed by atoms with E-state index in [1.54, 1.807) is 11.3 Å². The molecule has 0 radical (unpaired) electrons. The molecule has 1 aliphatic rings. The first-order chi connectivity index (χ1) is 14.1. The Bertz CT molecular complexity index is 983. The van der Waals surface area contributed by atoms with Crippen molar-refractivity contribution >= 4 is 22.9 Å². The number of nitrogens with zero attached hydrogens (tertiary/aromatic N) is 2. The highest BCUT2D eigenvalue weighted by Crippen LogP contribution is 2.33. The summed E-state index contributed by atoms with van der Waals surface area (Å²) in [5.41, 5.74) is 5.54. The van der Waals surface area contributed by atoms with Crippen LogP contribution < -0.4 is 5.32 Å². The Morgan fingerprint density at radius 1 is 1.21 bits per heavy atom. The molecule has 1 fully saturated rings. The molecule has 4 rings (SSSR count). The number of aryl methyl sites for hydroxylation is 2. The average molecular weight is 406 g/mol. The van der Waals surface area contributed by atoms with Crippen molar-refractivity contribution in [2.75, 3.05) is 11.9 Å². The van der Waals surface area contributed by atoms with Crippen LogP contribution in [0, 0.1) is 13.8 Å². The number of anilines is 1. The number of hydrogen-bond acceptors (Lipinski definition) is 4. The number of likely N-dealkylation sites (tertiary alicyclic amines) is 1. The van der Waals surface area contributed by atoms with E-state index in [4.69, 9.17) is 4.98 Å². The van der Waals surface area contributed by atoms with Crippen LogP contribution in [0.15, 0.2) is 53.9 Å². The zero-order valence-electron chi connectivity index (χ0n) is 17.0. The highest BCUT2D eigenvalue weighted by Gasteiger charge is 2.26. The number of hydrogen-bond donors (Lipinski definition) is 1. The number of rotatable bonds is 6. The Balaban J connectivity index is 1.37. The van der Waals surface area contributed by atoms with Gasteiger partial charge in [-0.15, -0.1) is 11.3 Å². The molecular weight excluding hydrogens is 378 g/mol. The van der Waals surface area contributed by atoms with Gasteiger partial charge in [0.15, 0.2) is 0 Å². The Labute approximate surface area is 176 Å². The van der Waals surface area contributed by atoms with Gasteiger partial charge in [-0.25, -0.2) is 4.98 Å². The third-order valence-electron chi connectivity index (χ3n) is 5.49. The lowest BCUT2D eigenvalue weighted by Crippen LogP contribution is -2.23. The van der Waals surface area contributed by atoms with E-state index >= 15 is 0 Å². The van der Waals surface area contributed by atoms with Gasteiger partial charge in [0.05, 0.1) is 12.1 Å². The normalized spacial score (nSPS) is 16.8. The summed E-state index contributed by atoms with van der Waals surface area (Å²) in [5.74, 6) is -0.0112. The lowest BCUT2D eigenvalue weighted by atomic mass is 10.0. The summed E-state index contributed by atoms with van der Waals surface area (Å²) in [6.07, 6.45) is 2.73. The smallest absolute Gasteiger partial charge is 0.231 e. The molecule has 4 nitrogen and oxygen atoms in total. The molecule has 1 aromatic heterocycles. The van der Waals surface area contributed by atoms with Crippen LogP contribution in [0.4, 0.5) is 5.69 Å². The van der Waals surface area contributed by atoms with Crippen molar-refractivity contribution in [3.05, 3.63) is 81.3 Å². The number of nitrogens with one attached hydrogen (secondary N) is 1. The molecule has 3 aromatic rings. The molecule has 1 unspecified atom stereocenters. The van der Waals surface area contributed by atoms with E-state index in [0.717, 1.165) is 40.6 Å². The van der Waals surface area contributed by atoms with Gasteiger partial charge < -0.3 is 5.32 Å². The zero-order chi connectivity index (χ0) is 20.2. The predicted molar refractivity (Wildman–Crippen MR) is 119 cm³/mol. The number of carbonyl (C=O) groups is 1. The fourth-order valence-corrected chi connectivity index (χ4v) is 4.76. The Morgan fingerprint density at radius 3 is 2.86 bits per heavy atom. The lowest BCUT2D eigenvalue weighted by molar-refractivity contribution is -0.115. The minimum Gasteiger partial charge on any atom is -0.325 e. The molecule has 2 aromatic carbocycles. The van der Waals surface area contributed by atoms with Crippen molar-refractivity contribution in [1.29, 1.82) is 0 Å². The minimum absolute atomic E-state index is 0.0112. The van der Waals surface area contributed by atoms with Crippen LogP contribution in [-0.4, -0.2) is 22.3 Å². The van der Waals surface area contributed by atoms with Gasteiger partial charge in [0.2, 0.25) is 5.91 Å². The second kappa shape index (κ2) is 8.89. The molecule has 150 valence electrons. The first kappa shape index (κ1) is 19.8. The average Bonchev–Trinajstić information content (AvgIpc) is 3.35. The second-order valence-electron chi connectivity index (χ2n) is 7.82. The van der Waals surface area contributed by atoms with Crippen LogP contribution in [0.2, 0.25) is 0 Å². The molecule has 2 heterocycles. The van der Waals surface area contributed by atoms with Crippen molar-refractivity contribution < 1.29 is 4.79 Å². The zero-order valence-corrected chi connectivity index (χ0v) is 17.8. The SMILES string of the molecule is Cc1ccc(C)c(NC(=O)Cc2nc(CN3CCCC3c3ccccc3)cs2)c1. The van der Waals surface area contributed by atoms with Gasteiger partial charge in [-0.05, 0) is 56.0 Å². The maximum atomic E-state index is 12.5. The Kier molecular flexibility index (Phi) is 6.07. The number of aromatic nitrogens is 1. The van der Waals surface area contributed by atoms with Gasteiger partial charge in [-0.2, -0.15) is 0 Å². The Morgan fingerprint density at radius 2 is 2.03 bits per heavy atom. The van der Waals surface area contributed by atoms with Crippen molar-refractivity contribution in [3.63, 3.8) is 0 Å². The first-order valence-corrected chi connectivity index (χ1v) is 11.1. The molecular formula is C24H27N3OS. The maximum absolute atomic E-state index is 12.5. The van der Waals surface area contributed by atoms with Crippen LogP contribution >= 0.6 is 11.3 Å². The van der Waals surface area contributed by atoms with Gasteiger partial charge in [0.25, 0.3) is 0 Å². The monoisotopic (exact) mass is 405 g/mol. The van der Waals surface area contributed by atoms with E-state index in [9.17, 15) is 4.79 Å². The van der Waals surface area contributed by atoms with Crippen molar-refractivity contribution in [2.45, 2.75) is 45.7 Å². The van der Waals surface area contributed by atoms with E-state index in [0.29, 0.717) is 12.5 Å². The molecule has 1 N–H and O–H groups in total. The topological polar surface area (TPSA) is 45.2 Å².